The van der Waals surface area contributed by atoms with Crippen LogP contribution in [0.5, 0.6) is 0 Å². The van der Waals surface area contributed by atoms with Crippen LogP contribution < -0.4 is 11.1 Å². The smallest absolute Gasteiger partial charge is 0.404 e. The first-order chi connectivity index (χ1) is 7.75. The van der Waals surface area contributed by atoms with Crippen molar-refractivity contribution >= 4 is 6.09 Å². The Hall–Kier alpha value is -1.63. The maximum absolute atomic E-state index is 10.4. The molecule has 1 fully saturated rings. The minimum absolute atomic E-state index is 0.0789. The summed E-state index contributed by atoms with van der Waals surface area (Å²) >= 11 is 0. The van der Waals surface area contributed by atoms with Crippen molar-refractivity contribution in [1.82, 2.24) is 20.3 Å². The number of carbonyl (C=O) groups is 1. The van der Waals surface area contributed by atoms with E-state index in [-0.39, 0.29) is 6.61 Å². The van der Waals surface area contributed by atoms with Crippen LogP contribution in [0, 0.1) is 0 Å². The largest absolute Gasteiger partial charge is 0.443 e. The molecule has 0 aliphatic carbocycles. The standard InChI is InChI=1S/C9H15N5O2/c10-9(15)16-6-7-5-14(13-12-7)8-2-1-3-11-4-8/h5,8,11H,1-4,6H2,(H2,10,15). The number of nitrogens with zero attached hydrogens (tertiary/aromatic N) is 3. The molecule has 1 amide bonds. The number of nitrogens with one attached hydrogen (secondary N) is 1. The maximum Gasteiger partial charge on any atom is 0.404 e. The lowest BCUT2D eigenvalue weighted by Gasteiger charge is -2.22. The van der Waals surface area contributed by atoms with Gasteiger partial charge in [-0.3, -0.25) is 0 Å². The van der Waals surface area contributed by atoms with Gasteiger partial charge in [-0.1, -0.05) is 5.21 Å². The summed E-state index contributed by atoms with van der Waals surface area (Å²) in [6.07, 6.45) is 3.22. The van der Waals surface area contributed by atoms with E-state index in [1.165, 1.54) is 0 Å². The van der Waals surface area contributed by atoms with Crippen molar-refractivity contribution in [1.29, 1.82) is 0 Å². The highest BCUT2D eigenvalue weighted by Gasteiger charge is 2.16. The van der Waals surface area contributed by atoms with Crippen molar-refractivity contribution in [3.63, 3.8) is 0 Å². The van der Waals surface area contributed by atoms with Crippen LogP contribution in [0.25, 0.3) is 0 Å². The Kier molecular flexibility index (Phi) is 3.35. The second kappa shape index (κ2) is 4.93. The summed E-state index contributed by atoms with van der Waals surface area (Å²) in [7, 11) is 0. The van der Waals surface area contributed by atoms with E-state index in [1.807, 2.05) is 4.68 Å². The fourth-order valence-corrected chi connectivity index (χ4v) is 1.76. The van der Waals surface area contributed by atoms with Crippen LogP contribution >= 0.6 is 0 Å². The van der Waals surface area contributed by atoms with Gasteiger partial charge in [-0.05, 0) is 19.4 Å². The SMILES string of the molecule is NC(=O)OCc1cn(C2CCCNC2)nn1. The van der Waals surface area contributed by atoms with E-state index in [4.69, 9.17) is 5.73 Å². The summed E-state index contributed by atoms with van der Waals surface area (Å²) in [6.45, 7) is 2.04. The third kappa shape index (κ3) is 2.69. The molecule has 0 radical (unpaired) electrons. The number of carbonyl (C=O) groups excluding carboxylic acids is 1. The quantitative estimate of drug-likeness (QED) is 0.742. The second-order valence-electron chi connectivity index (χ2n) is 3.80. The predicted molar refractivity (Wildman–Crippen MR) is 55.5 cm³/mol. The van der Waals surface area contributed by atoms with Gasteiger partial charge in [0.1, 0.15) is 12.3 Å². The number of piperidine rings is 1. The van der Waals surface area contributed by atoms with E-state index in [0.29, 0.717) is 11.7 Å². The first-order valence-corrected chi connectivity index (χ1v) is 5.29. The molecular formula is C9H15N5O2. The summed E-state index contributed by atoms with van der Waals surface area (Å²) < 4.78 is 6.45. The van der Waals surface area contributed by atoms with Gasteiger partial charge in [-0.2, -0.15) is 0 Å². The first-order valence-electron chi connectivity index (χ1n) is 5.29. The summed E-state index contributed by atoms with van der Waals surface area (Å²) in [5.41, 5.74) is 5.48. The van der Waals surface area contributed by atoms with E-state index in [9.17, 15) is 4.79 Å². The molecule has 3 N–H and O–H groups in total. The van der Waals surface area contributed by atoms with Crippen molar-refractivity contribution in [2.24, 2.45) is 5.73 Å². The highest BCUT2D eigenvalue weighted by atomic mass is 16.5. The van der Waals surface area contributed by atoms with Crippen LogP contribution in [0.2, 0.25) is 0 Å². The van der Waals surface area contributed by atoms with Crippen LogP contribution in [-0.2, 0) is 11.3 Å². The molecule has 0 bridgehead atoms. The molecule has 88 valence electrons. The van der Waals surface area contributed by atoms with Gasteiger partial charge in [0.15, 0.2) is 0 Å². The number of ether oxygens (including phenoxy) is 1. The average molecular weight is 225 g/mol. The monoisotopic (exact) mass is 225 g/mol. The molecule has 1 aliphatic heterocycles. The minimum atomic E-state index is -0.797. The number of hydrogen-bond donors (Lipinski definition) is 2. The Morgan fingerprint density at radius 3 is 3.31 bits per heavy atom. The van der Waals surface area contributed by atoms with Gasteiger partial charge in [0, 0.05) is 6.54 Å². The zero-order valence-corrected chi connectivity index (χ0v) is 8.93. The molecule has 2 heterocycles. The summed E-state index contributed by atoms with van der Waals surface area (Å²) in [6, 6.07) is 0.337. The van der Waals surface area contributed by atoms with Crippen LogP contribution in [0.15, 0.2) is 6.20 Å². The molecular weight excluding hydrogens is 210 g/mol. The molecule has 2 rings (SSSR count). The fourth-order valence-electron chi connectivity index (χ4n) is 1.76. The van der Waals surface area contributed by atoms with Crippen LogP contribution in [0.4, 0.5) is 4.79 Å². The van der Waals surface area contributed by atoms with Crippen LogP contribution in [0.3, 0.4) is 0 Å². The van der Waals surface area contributed by atoms with Gasteiger partial charge in [0.2, 0.25) is 0 Å². The zero-order chi connectivity index (χ0) is 11.4. The third-order valence-electron chi connectivity index (χ3n) is 2.57. The molecule has 1 aromatic heterocycles. The molecule has 1 aliphatic rings. The zero-order valence-electron chi connectivity index (χ0n) is 8.93. The topological polar surface area (TPSA) is 95.1 Å². The van der Waals surface area contributed by atoms with Gasteiger partial charge >= 0.3 is 6.09 Å². The first kappa shape index (κ1) is 10.9. The van der Waals surface area contributed by atoms with Crippen molar-refractivity contribution in [2.45, 2.75) is 25.5 Å². The number of hydrogen-bond acceptors (Lipinski definition) is 5. The Balaban J connectivity index is 1.93. The third-order valence-corrected chi connectivity index (χ3v) is 2.57. The molecule has 1 aromatic rings. The molecule has 7 heteroatoms. The number of rotatable bonds is 3. The maximum atomic E-state index is 10.4. The van der Waals surface area contributed by atoms with Crippen LogP contribution in [-0.4, -0.2) is 34.2 Å². The average Bonchev–Trinajstić information content (AvgIpc) is 2.76. The van der Waals surface area contributed by atoms with E-state index in [0.717, 1.165) is 25.9 Å². The fraction of sp³-hybridized carbons (Fsp3) is 0.667. The number of aromatic nitrogens is 3. The Bertz CT molecular complexity index is 359. The van der Waals surface area contributed by atoms with E-state index >= 15 is 0 Å². The Morgan fingerprint density at radius 1 is 1.75 bits per heavy atom. The molecule has 0 spiro atoms. The van der Waals surface area contributed by atoms with Gasteiger partial charge in [-0.15, -0.1) is 5.10 Å². The van der Waals surface area contributed by atoms with Gasteiger partial charge in [0.25, 0.3) is 0 Å². The lowest BCUT2D eigenvalue weighted by Crippen LogP contribution is -2.31. The van der Waals surface area contributed by atoms with Gasteiger partial charge in [-0.25, -0.2) is 9.48 Å². The van der Waals surface area contributed by atoms with Crippen molar-refractivity contribution in [3.05, 3.63) is 11.9 Å². The van der Waals surface area contributed by atoms with Crippen molar-refractivity contribution in [2.75, 3.05) is 13.1 Å². The van der Waals surface area contributed by atoms with Gasteiger partial charge < -0.3 is 15.8 Å². The molecule has 7 nitrogen and oxygen atoms in total. The second-order valence-corrected chi connectivity index (χ2v) is 3.80. The Labute approximate surface area is 92.9 Å². The highest BCUT2D eigenvalue weighted by molar-refractivity contribution is 5.64. The van der Waals surface area contributed by atoms with E-state index in [2.05, 4.69) is 20.4 Å². The molecule has 0 aromatic carbocycles. The number of primary amides is 1. The molecule has 1 saturated heterocycles. The molecule has 0 saturated carbocycles. The lowest BCUT2D eigenvalue weighted by molar-refractivity contribution is 0.149. The van der Waals surface area contributed by atoms with E-state index in [1.54, 1.807) is 6.20 Å². The summed E-state index contributed by atoms with van der Waals surface area (Å²) in [5.74, 6) is 0. The van der Waals surface area contributed by atoms with Crippen molar-refractivity contribution in [3.8, 4) is 0 Å². The highest BCUT2D eigenvalue weighted by Crippen LogP contribution is 2.15. The molecule has 16 heavy (non-hydrogen) atoms. The molecule has 1 unspecified atom stereocenters. The number of amides is 1. The lowest BCUT2D eigenvalue weighted by atomic mass is 10.1. The van der Waals surface area contributed by atoms with E-state index < -0.39 is 6.09 Å². The number of nitrogens with two attached hydrogens (primary N) is 1. The predicted octanol–water partition coefficient (Wildman–Crippen LogP) is -0.202. The normalized spacial score (nSPS) is 20.6. The Morgan fingerprint density at radius 2 is 2.62 bits per heavy atom. The minimum Gasteiger partial charge on any atom is -0.443 e. The molecule has 1 atom stereocenters. The van der Waals surface area contributed by atoms with Crippen molar-refractivity contribution < 1.29 is 9.53 Å². The summed E-state index contributed by atoms with van der Waals surface area (Å²) in [4.78, 5) is 10.4. The van der Waals surface area contributed by atoms with Crippen LogP contribution in [0.1, 0.15) is 24.6 Å². The summed E-state index contributed by atoms with van der Waals surface area (Å²) in [5, 5.41) is 11.2. The van der Waals surface area contributed by atoms with Gasteiger partial charge in [0.05, 0.1) is 12.2 Å².